The summed E-state index contributed by atoms with van der Waals surface area (Å²) in [5, 5.41) is 0.328. The molecule has 2 aromatic heterocycles. The third kappa shape index (κ3) is 4.03. The lowest BCUT2D eigenvalue weighted by Crippen LogP contribution is -2.38. The van der Waals surface area contributed by atoms with Crippen LogP contribution in [0.4, 0.5) is 8.78 Å². The van der Waals surface area contributed by atoms with Gasteiger partial charge >= 0.3 is 5.97 Å². The molecule has 3 aromatic rings. The molecule has 1 unspecified atom stereocenters. The highest BCUT2D eigenvalue weighted by atomic mass is 19.2. The summed E-state index contributed by atoms with van der Waals surface area (Å²) in [6.07, 6.45) is 3.57. The Bertz CT molecular complexity index is 1780. The van der Waals surface area contributed by atoms with Crippen LogP contribution in [0.1, 0.15) is 81.0 Å². The Morgan fingerprint density at radius 2 is 1.81 bits per heavy atom. The number of carbonyl (C=O) groups is 2. The second-order valence-electron chi connectivity index (χ2n) is 12.1. The average Bonchev–Trinajstić information content (AvgIpc) is 3.36. The van der Waals surface area contributed by atoms with E-state index in [4.69, 9.17) is 19.2 Å². The van der Waals surface area contributed by atoms with Crippen LogP contribution >= 0.6 is 0 Å². The number of hydrogen-bond acceptors (Lipinski definition) is 8. The van der Waals surface area contributed by atoms with E-state index in [-0.39, 0.29) is 66.9 Å². The molecule has 8 rings (SSSR count). The van der Waals surface area contributed by atoms with Crippen LogP contribution in [0.3, 0.4) is 0 Å². The van der Waals surface area contributed by atoms with Crippen molar-refractivity contribution in [3.8, 4) is 22.9 Å². The van der Waals surface area contributed by atoms with Gasteiger partial charge in [0.25, 0.3) is 5.56 Å². The molecule has 1 saturated heterocycles. The standard InChI is InChI=1S/C32H33F2N3O6/c1-4-32(43-22(39)8-11-36-9-6-5-7-10-36)19-13-20-27-18(14-37(20)31(40)17(19)12-21(32)38)23(16(2)3)24-28(35-27)30-26(34)25(33)29(24)41-15-42-30/h13,16H,4-12,14-15H2,1-3H3. The molecule has 0 N–H and O–H groups in total. The molecule has 4 aliphatic heterocycles. The maximum atomic E-state index is 15.0. The molecule has 226 valence electrons. The van der Waals surface area contributed by atoms with Crippen LogP contribution in [0, 0.1) is 11.6 Å². The first-order chi connectivity index (χ1) is 20.7. The van der Waals surface area contributed by atoms with E-state index < -0.39 is 23.2 Å². The van der Waals surface area contributed by atoms with Crippen molar-refractivity contribution < 1.29 is 32.6 Å². The number of rotatable bonds is 6. The second kappa shape index (κ2) is 10.1. The normalized spacial score (nSPS) is 20.6. The summed E-state index contributed by atoms with van der Waals surface area (Å²) >= 11 is 0. The number of aromatic nitrogens is 2. The number of carbonyl (C=O) groups excluding carboxylic acids is 2. The highest BCUT2D eigenvalue weighted by molar-refractivity contribution is 5.99. The minimum absolute atomic E-state index is 0.109. The third-order valence-corrected chi connectivity index (χ3v) is 9.41. The summed E-state index contributed by atoms with van der Waals surface area (Å²) < 4.78 is 48.4. The van der Waals surface area contributed by atoms with Gasteiger partial charge in [-0.05, 0) is 49.9 Å². The SMILES string of the molecule is CCC1(OC(=O)CCN2CCCCC2)C(=O)Cc2c1cc1n(c2=O)Cc2c-1nc1c3c(F)c(F)c(c1c2C(C)C)OCO3. The van der Waals surface area contributed by atoms with Gasteiger partial charge in [-0.1, -0.05) is 27.2 Å². The van der Waals surface area contributed by atoms with Gasteiger partial charge in [0, 0.05) is 29.7 Å². The van der Waals surface area contributed by atoms with Gasteiger partial charge in [0.15, 0.2) is 22.9 Å². The first-order valence-electron chi connectivity index (χ1n) is 15.0. The van der Waals surface area contributed by atoms with Crippen molar-refractivity contribution in [1.82, 2.24) is 14.5 Å². The third-order valence-electron chi connectivity index (χ3n) is 9.41. The predicted octanol–water partition coefficient (Wildman–Crippen LogP) is 4.71. The summed E-state index contributed by atoms with van der Waals surface area (Å²) in [7, 11) is 0. The quantitative estimate of drug-likeness (QED) is 0.297. The number of ether oxygens (including phenoxy) is 3. The number of Topliss-reactive ketones (excluding diaryl/α,β-unsaturated/α-hetero) is 1. The van der Waals surface area contributed by atoms with Gasteiger partial charge in [0.1, 0.15) is 5.52 Å². The van der Waals surface area contributed by atoms with E-state index in [1.54, 1.807) is 13.0 Å². The Morgan fingerprint density at radius 3 is 2.53 bits per heavy atom. The fourth-order valence-electron chi connectivity index (χ4n) is 7.31. The Hall–Kier alpha value is -3.86. The van der Waals surface area contributed by atoms with Gasteiger partial charge in [-0.2, -0.15) is 8.78 Å². The van der Waals surface area contributed by atoms with Gasteiger partial charge in [0.05, 0.1) is 29.7 Å². The summed E-state index contributed by atoms with van der Waals surface area (Å²) in [4.78, 5) is 47.5. The molecule has 11 heteroatoms. The number of pyridine rings is 2. The molecule has 9 nitrogen and oxygen atoms in total. The van der Waals surface area contributed by atoms with Crippen LogP contribution in [0.25, 0.3) is 22.3 Å². The van der Waals surface area contributed by atoms with Crippen molar-refractivity contribution in [1.29, 1.82) is 0 Å². The minimum atomic E-state index is -1.57. The Balaban J connectivity index is 1.35. The van der Waals surface area contributed by atoms with Crippen LogP contribution in [-0.2, 0) is 32.9 Å². The van der Waals surface area contributed by atoms with Crippen LogP contribution in [0.2, 0.25) is 0 Å². The van der Waals surface area contributed by atoms with E-state index in [1.165, 1.54) is 11.0 Å². The number of ketones is 1. The van der Waals surface area contributed by atoms with E-state index in [0.29, 0.717) is 45.6 Å². The molecule has 0 saturated carbocycles. The smallest absolute Gasteiger partial charge is 0.308 e. The molecule has 5 aliphatic rings. The number of piperidine rings is 1. The Labute approximate surface area is 246 Å². The molecule has 0 amide bonds. The van der Waals surface area contributed by atoms with Gasteiger partial charge in [-0.25, -0.2) is 4.98 Å². The lowest BCUT2D eigenvalue weighted by atomic mass is 9.90. The lowest BCUT2D eigenvalue weighted by molar-refractivity contribution is -0.168. The number of halogens is 2. The Kier molecular flexibility index (Phi) is 6.57. The molecule has 2 bridgehead atoms. The molecule has 0 spiro atoms. The summed E-state index contributed by atoms with van der Waals surface area (Å²) in [6, 6.07) is 1.72. The molecule has 43 heavy (non-hydrogen) atoms. The van der Waals surface area contributed by atoms with Crippen molar-refractivity contribution >= 4 is 22.7 Å². The number of esters is 1. The van der Waals surface area contributed by atoms with Crippen molar-refractivity contribution in [2.75, 3.05) is 26.4 Å². The summed E-state index contributed by atoms with van der Waals surface area (Å²) in [5.74, 6) is -3.89. The van der Waals surface area contributed by atoms with E-state index in [9.17, 15) is 18.8 Å². The summed E-state index contributed by atoms with van der Waals surface area (Å²) in [6.45, 7) is 7.83. The number of likely N-dealkylation sites (tertiary alicyclic amines) is 1. The first kappa shape index (κ1) is 27.9. The fourth-order valence-corrected chi connectivity index (χ4v) is 7.31. The molecule has 6 heterocycles. The number of fused-ring (bicyclic) bond motifs is 7. The molecular formula is C32H33F2N3O6. The predicted molar refractivity (Wildman–Crippen MR) is 152 cm³/mol. The molecule has 1 fully saturated rings. The molecular weight excluding hydrogens is 560 g/mol. The van der Waals surface area contributed by atoms with Crippen molar-refractivity contribution in [2.45, 2.75) is 77.4 Å². The summed E-state index contributed by atoms with van der Waals surface area (Å²) in [5.41, 5.74) is 1.07. The maximum absolute atomic E-state index is 15.0. The average molecular weight is 594 g/mol. The van der Waals surface area contributed by atoms with E-state index in [0.717, 1.165) is 25.9 Å². The largest absolute Gasteiger partial charge is 0.454 e. The monoisotopic (exact) mass is 593 g/mol. The zero-order chi connectivity index (χ0) is 30.2. The van der Waals surface area contributed by atoms with Crippen molar-refractivity contribution in [3.05, 3.63) is 50.3 Å². The zero-order valence-corrected chi connectivity index (χ0v) is 24.5. The van der Waals surface area contributed by atoms with E-state index in [2.05, 4.69) is 4.90 Å². The first-order valence-corrected chi connectivity index (χ1v) is 15.0. The topological polar surface area (TPSA) is 100.0 Å². The highest BCUT2D eigenvalue weighted by Gasteiger charge is 2.51. The van der Waals surface area contributed by atoms with Crippen LogP contribution < -0.4 is 15.0 Å². The second-order valence-corrected chi connectivity index (χ2v) is 12.1. The minimum Gasteiger partial charge on any atom is -0.454 e. The van der Waals surface area contributed by atoms with Crippen LogP contribution in [0.5, 0.6) is 11.5 Å². The zero-order valence-electron chi connectivity index (χ0n) is 24.5. The number of hydrogen-bond donors (Lipinski definition) is 0. The van der Waals surface area contributed by atoms with Crippen LogP contribution in [-0.4, -0.2) is 52.6 Å². The van der Waals surface area contributed by atoms with Crippen molar-refractivity contribution in [3.63, 3.8) is 0 Å². The molecule has 1 aromatic carbocycles. The Morgan fingerprint density at radius 1 is 1.09 bits per heavy atom. The van der Waals surface area contributed by atoms with E-state index in [1.807, 2.05) is 13.8 Å². The fraction of sp³-hybridized carbons (Fsp3) is 0.500. The van der Waals surface area contributed by atoms with Gasteiger partial charge in [-0.3, -0.25) is 14.4 Å². The molecule has 1 atom stereocenters. The lowest BCUT2D eigenvalue weighted by Gasteiger charge is -2.29. The van der Waals surface area contributed by atoms with Gasteiger partial charge in [-0.15, -0.1) is 0 Å². The van der Waals surface area contributed by atoms with Gasteiger partial charge < -0.3 is 23.7 Å². The van der Waals surface area contributed by atoms with E-state index >= 15 is 4.39 Å². The molecule has 1 aliphatic carbocycles. The van der Waals surface area contributed by atoms with Crippen molar-refractivity contribution in [2.24, 2.45) is 0 Å². The molecule has 0 radical (unpaired) electrons. The van der Waals surface area contributed by atoms with Gasteiger partial charge in [0.2, 0.25) is 18.4 Å². The highest BCUT2D eigenvalue weighted by Crippen LogP contribution is 2.49. The number of benzene rings is 1. The number of nitrogens with zero attached hydrogens (tertiary/aromatic N) is 3. The maximum Gasteiger partial charge on any atom is 0.308 e. The van der Waals surface area contributed by atoms with Crippen LogP contribution in [0.15, 0.2) is 10.9 Å².